The van der Waals surface area contributed by atoms with Crippen LogP contribution in [0.5, 0.6) is 0 Å². The fourth-order valence-electron chi connectivity index (χ4n) is 3.28. The van der Waals surface area contributed by atoms with Gasteiger partial charge in [0.2, 0.25) is 0 Å². The van der Waals surface area contributed by atoms with Crippen molar-refractivity contribution in [2.45, 2.75) is 110 Å². The van der Waals surface area contributed by atoms with Crippen LogP contribution < -0.4 is 21.5 Å². The second kappa shape index (κ2) is 17.5. The van der Waals surface area contributed by atoms with Crippen molar-refractivity contribution in [2.75, 3.05) is 0 Å². The van der Waals surface area contributed by atoms with Gasteiger partial charge in [-0.1, -0.05) is 84.0 Å². The first-order chi connectivity index (χ1) is 11.3. The summed E-state index contributed by atoms with van der Waals surface area (Å²) >= 11 is 0. The van der Waals surface area contributed by atoms with E-state index in [1.165, 1.54) is 102 Å². The van der Waals surface area contributed by atoms with Gasteiger partial charge in [-0.25, -0.2) is 4.57 Å². The number of hydrogen-bond acceptors (Lipinski definition) is 0. The van der Waals surface area contributed by atoms with E-state index in [0.717, 1.165) is 0 Å². The Morgan fingerprint density at radius 1 is 0.708 bits per heavy atom. The highest BCUT2D eigenvalue weighted by molar-refractivity contribution is 5.01. The van der Waals surface area contributed by atoms with Crippen LogP contribution in [0.3, 0.4) is 0 Å². The quantitative estimate of drug-likeness (QED) is 0.313. The first kappa shape index (κ1) is 23.6. The van der Waals surface area contributed by atoms with Gasteiger partial charge in [-0.05, 0) is 19.4 Å². The molecule has 24 heavy (non-hydrogen) atoms. The van der Waals surface area contributed by atoms with Crippen molar-refractivity contribution < 1.29 is 21.5 Å². The Labute approximate surface area is 162 Å². The van der Waals surface area contributed by atoms with Gasteiger partial charge in [-0.3, -0.25) is 0 Å². The van der Waals surface area contributed by atoms with E-state index in [4.69, 9.17) is 0 Å². The van der Waals surface area contributed by atoms with Crippen molar-refractivity contribution in [2.24, 2.45) is 0 Å². The molecule has 1 aromatic heterocycles. The molecule has 1 aromatic rings. The standard InChI is InChI=1S/C22H40N.BrH/c1-3-4-5-6-7-8-9-10-11-12-13-14-15-16-19-23-20-17-18-22(2)21-23;/h17-18,20-21H,3-16,19H2,1-2H3;1H/q+1;/p-1. The molecule has 0 radical (unpaired) electrons. The fraction of sp³-hybridized carbons (Fsp3) is 0.773. The zero-order chi connectivity index (χ0) is 16.6. The van der Waals surface area contributed by atoms with Gasteiger partial charge in [-0.2, -0.15) is 0 Å². The number of hydrogen-bond donors (Lipinski definition) is 0. The molecule has 0 saturated carbocycles. The molecule has 1 rings (SSSR count). The van der Waals surface area contributed by atoms with E-state index in [9.17, 15) is 0 Å². The van der Waals surface area contributed by atoms with Gasteiger partial charge in [-0.15, -0.1) is 0 Å². The van der Waals surface area contributed by atoms with Gasteiger partial charge >= 0.3 is 0 Å². The maximum Gasteiger partial charge on any atom is 0.171 e. The average molecular weight is 398 g/mol. The summed E-state index contributed by atoms with van der Waals surface area (Å²) in [5.74, 6) is 0. The lowest BCUT2D eigenvalue weighted by Gasteiger charge is -2.03. The van der Waals surface area contributed by atoms with E-state index in [1.807, 2.05) is 0 Å². The minimum absolute atomic E-state index is 0. The highest BCUT2D eigenvalue weighted by Gasteiger charge is 2.00. The van der Waals surface area contributed by atoms with E-state index < -0.39 is 0 Å². The van der Waals surface area contributed by atoms with Crippen molar-refractivity contribution in [3.8, 4) is 0 Å². The molecule has 0 aromatic carbocycles. The summed E-state index contributed by atoms with van der Waals surface area (Å²) < 4.78 is 2.33. The highest BCUT2D eigenvalue weighted by Crippen LogP contribution is 2.12. The summed E-state index contributed by atoms with van der Waals surface area (Å²) in [6.07, 6.45) is 24.5. The largest absolute Gasteiger partial charge is 1.00 e. The van der Waals surface area contributed by atoms with Gasteiger partial charge in [0.1, 0.15) is 6.54 Å². The zero-order valence-electron chi connectivity index (χ0n) is 16.2. The van der Waals surface area contributed by atoms with E-state index >= 15 is 0 Å². The number of nitrogens with zero attached hydrogens (tertiary/aromatic N) is 1. The molecule has 0 aliphatic heterocycles. The summed E-state index contributed by atoms with van der Waals surface area (Å²) in [6.45, 7) is 5.64. The summed E-state index contributed by atoms with van der Waals surface area (Å²) in [7, 11) is 0. The lowest BCUT2D eigenvalue weighted by molar-refractivity contribution is -0.697. The molecular formula is C22H40BrN. The monoisotopic (exact) mass is 397 g/mol. The van der Waals surface area contributed by atoms with Gasteiger partial charge in [0.15, 0.2) is 12.4 Å². The molecule has 0 atom stereocenters. The summed E-state index contributed by atoms with van der Waals surface area (Å²) in [6, 6.07) is 4.32. The molecule has 140 valence electrons. The van der Waals surface area contributed by atoms with Crippen LogP contribution in [-0.4, -0.2) is 0 Å². The first-order valence-electron chi connectivity index (χ1n) is 10.3. The lowest BCUT2D eigenvalue weighted by atomic mass is 10.0. The van der Waals surface area contributed by atoms with Crippen LogP contribution in [0.4, 0.5) is 0 Å². The van der Waals surface area contributed by atoms with E-state index in [0.29, 0.717) is 0 Å². The topological polar surface area (TPSA) is 3.88 Å². The minimum atomic E-state index is 0. The molecule has 0 N–H and O–H groups in total. The number of aryl methyl sites for hydroxylation is 2. The molecule has 0 amide bonds. The van der Waals surface area contributed by atoms with Gasteiger partial charge in [0.25, 0.3) is 0 Å². The Morgan fingerprint density at radius 3 is 1.62 bits per heavy atom. The lowest BCUT2D eigenvalue weighted by Crippen LogP contribution is -3.00. The smallest absolute Gasteiger partial charge is 0.171 e. The Bertz CT molecular complexity index is 378. The number of unbranched alkanes of at least 4 members (excludes halogenated alkanes) is 13. The van der Waals surface area contributed by atoms with E-state index in [2.05, 4.69) is 42.9 Å². The van der Waals surface area contributed by atoms with Crippen molar-refractivity contribution in [3.05, 3.63) is 30.1 Å². The molecular weight excluding hydrogens is 358 g/mol. The van der Waals surface area contributed by atoms with Crippen molar-refractivity contribution in [1.82, 2.24) is 0 Å². The first-order valence-corrected chi connectivity index (χ1v) is 10.3. The predicted molar refractivity (Wildman–Crippen MR) is 102 cm³/mol. The van der Waals surface area contributed by atoms with Crippen molar-refractivity contribution >= 4 is 0 Å². The zero-order valence-corrected chi connectivity index (χ0v) is 17.8. The van der Waals surface area contributed by atoms with Gasteiger partial charge < -0.3 is 17.0 Å². The number of halogens is 1. The van der Waals surface area contributed by atoms with Crippen LogP contribution >= 0.6 is 0 Å². The van der Waals surface area contributed by atoms with Crippen LogP contribution in [0.2, 0.25) is 0 Å². The molecule has 0 fully saturated rings. The Balaban J connectivity index is 0.00000529. The number of rotatable bonds is 15. The van der Waals surface area contributed by atoms with Crippen molar-refractivity contribution in [3.63, 3.8) is 0 Å². The molecule has 0 aliphatic carbocycles. The molecule has 0 spiro atoms. The highest BCUT2D eigenvalue weighted by atomic mass is 79.9. The summed E-state index contributed by atoms with van der Waals surface area (Å²) in [5, 5.41) is 0. The number of aromatic nitrogens is 1. The predicted octanol–water partition coefficient (Wildman–Crippen LogP) is 3.77. The van der Waals surface area contributed by atoms with Crippen LogP contribution in [-0.2, 0) is 6.54 Å². The Morgan fingerprint density at radius 2 is 1.17 bits per heavy atom. The third kappa shape index (κ3) is 14.0. The van der Waals surface area contributed by atoms with Crippen LogP contribution in [0.15, 0.2) is 24.5 Å². The molecule has 0 bridgehead atoms. The maximum atomic E-state index is 2.33. The summed E-state index contributed by atoms with van der Waals surface area (Å²) in [4.78, 5) is 0. The van der Waals surface area contributed by atoms with Crippen LogP contribution in [0, 0.1) is 6.92 Å². The fourth-order valence-corrected chi connectivity index (χ4v) is 3.28. The third-order valence-electron chi connectivity index (χ3n) is 4.78. The van der Waals surface area contributed by atoms with E-state index in [1.54, 1.807) is 0 Å². The van der Waals surface area contributed by atoms with Gasteiger partial charge in [0, 0.05) is 18.1 Å². The number of pyridine rings is 1. The molecule has 1 nitrogen and oxygen atoms in total. The van der Waals surface area contributed by atoms with Crippen LogP contribution in [0.1, 0.15) is 102 Å². The molecule has 0 unspecified atom stereocenters. The third-order valence-corrected chi connectivity index (χ3v) is 4.78. The van der Waals surface area contributed by atoms with Gasteiger partial charge in [0.05, 0.1) is 0 Å². The van der Waals surface area contributed by atoms with E-state index in [-0.39, 0.29) is 17.0 Å². The normalized spacial score (nSPS) is 10.6. The Hall–Kier alpha value is -0.370. The Kier molecular flexibility index (Phi) is 17.2. The minimum Gasteiger partial charge on any atom is -1.00 e. The van der Waals surface area contributed by atoms with Crippen molar-refractivity contribution in [1.29, 1.82) is 0 Å². The maximum absolute atomic E-state index is 2.33. The molecule has 1 heterocycles. The SMILES string of the molecule is CCCCCCCCCCCCCCCC[n+]1cccc(C)c1.[Br-]. The van der Waals surface area contributed by atoms with Crippen LogP contribution in [0.25, 0.3) is 0 Å². The average Bonchev–Trinajstić information content (AvgIpc) is 2.55. The summed E-state index contributed by atoms with van der Waals surface area (Å²) in [5.41, 5.74) is 1.36. The molecule has 0 saturated heterocycles. The molecule has 2 heteroatoms. The second-order valence-electron chi connectivity index (χ2n) is 7.22. The second-order valence-corrected chi connectivity index (χ2v) is 7.22. The molecule has 0 aliphatic rings.